The van der Waals surface area contributed by atoms with E-state index in [0.717, 1.165) is 25.7 Å². The average molecular weight is 324 g/mol. The van der Waals surface area contributed by atoms with Gasteiger partial charge in [0, 0.05) is 19.6 Å². The van der Waals surface area contributed by atoms with Crippen molar-refractivity contribution in [1.29, 1.82) is 0 Å². The van der Waals surface area contributed by atoms with Gasteiger partial charge in [-0.25, -0.2) is 12.7 Å². The first-order chi connectivity index (χ1) is 10.5. The number of benzene rings is 1. The molecule has 1 N–H and O–H groups in total. The number of carbonyl (C=O) groups excluding carboxylic acids is 1. The van der Waals surface area contributed by atoms with Crippen LogP contribution in [-0.2, 0) is 21.2 Å². The molecule has 0 aromatic heterocycles. The predicted molar refractivity (Wildman–Crippen MR) is 86.9 cm³/mol. The van der Waals surface area contributed by atoms with Gasteiger partial charge in [0.15, 0.2) is 0 Å². The molecule has 0 spiro atoms. The zero-order chi connectivity index (χ0) is 16.0. The summed E-state index contributed by atoms with van der Waals surface area (Å²) >= 11 is 0. The number of rotatable bonds is 6. The third kappa shape index (κ3) is 5.10. The predicted octanol–water partition coefficient (Wildman–Crippen LogP) is 1.41. The van der Waals surface area contributed by atoms with E-state index in [-0.39, 0.29) is 11.8 Å². The lowest BCUT2D eigenvalue weighted by molar-refractivity contribution is -0.126. The summed E-state index contributed by atoms with van der Waals surface area (Å²) in [5.41, 5.74) is 1.26. The Morgan fingerprint density at radius 2 is 2.05 bits per heavy atom. The Morgan fingerprint density at radius 3 is 2.73 bits per heavy atom. The number of hydrogen-bond acceptors (Lipinski definition) is 3. The van der Waals surface area contributed by atoms with Crippen LogP contribution in [0.4, 0.5) is 0 Å². The smallest absolute Gasteiger partial charge is 0.224 e. The number of nitrogens with one attached hydrogen (secondary N) is 1. The third-order valence-electron chi connectivity index (χ3n) is 4.01. The first-order valence-corrected chi connectivity index (χ1v) is 9.58. The second-order valence-corrected chi connectivity index (χ2v) is 7.82. The molecule has 22 heavy (non-hydrogen) atoms. The van der Waals surface area contributed by atoms with Crippen LogP contribution in [-0.4, -0.2) is 44.5 Å². The van der Waals surface area contributed by atoms with Crippen LogP contribution in [0.5, 0.6) is 0 Å². The Kier molecular flexibility index (Phi) is 5.97. The first kappa shape index (κ1) is 17.0. The number of sulfonamides is 1. The van der Waals surface area contributed by atoms with Crippen LogP contribution >= 0.6 is 0 Å². The molecule has 1 heterocycles. The second-order valence-electron chi connectivity index (χ2n) is 5.84. The van der Waals surface area contributed by atoms with E-state index in [9.17, 15) is 13.2 Å². The molecule has 1 amide bonds. The van der Waals surface area contributed by atoms with E-state index in [4.69, 9.17) is 0 Å². The summed E-state index contributed by atoms with van der Waals surface area (Å²) in [5, 5.41) is 2.93. The van der Waals surface area contributed by atoms with Crippen molar-refractivity contribution in [3.63, 3.8) is 0 Å². The van der Waals surface area contributed by atoms with E-state index >= 15 is 0 Å². The van der Waals surface area contributed by atoms with Gasteiger partial charge in [-0.3, -0.25) is 4.79 Å². The molecule has 1 aromatic carbocycles. The van der Waals surface area contributed by atoms with Gasteiger partial charge in [0.05, 0.1) is 12.2 Å². The molecule has 1 aliphatic rings. The van der Waals surface area contributed by atoms with Gasteiger partial charge in [-0.05, 0) is 31.2 Å². The number of amides is 1. The van der Waals surface area contributed by atoms with E-state index in [1.54, 1.807) is 0 Å². The maximum Gasteiger partial charge on any atom is 0.224 e. The summed E-state index contributed by atoms with van der Waals surface area (Å²) < 4.78 is 24.5. The van der Waals surface area contributed by atoms with Crippen LogP contribution in [0.15, 0.2) is 30.3 Å². The monoisotopic (exact) mass is 324 g/mol. The Labute approximate surface area is 132 Å². The molecule has 1 aromatic rings. The van der Waals surface area contributed by atoms with Crippen molar-refractivity contribution >= 4 is 15.9 Å². The Hall–Kier alpha value is -1.40. The van der Waals surface area contributed by atoms with Crippen LogP contribution in [0.25, 0.3) is 0 Å². The van der Waals surface area contributed by atoms with Crippen molar-refractivity contribution in [1.82, 2.24) is 9.62 Å². The maximum atomic E-state index is 12.1. The molecular weight excluding hydrogens is 300 g/mol. The molecule has 0 bridgehead atoms. The summed E-state index contributed by atoms with van der Waals surface area (Å²) in [6.07, 6.45) is 4.53. The molecule has 1 fully saturated rings. The summed E-state index contributed by atoms with van der Waals surface area (Å²) in [4.78, 5) is 12.1. The lowest BCUT2D eigenvalue weighted by Crippen LogP contribution is -2.45. The first-order valence-electron chi connectivity index (χ1n) is 7.73. The van der Waals surface area contributed by atoms with Crippen molar-refractivity contribution in [2.24, 2.45) is 5.92 Å². The fourth-order valence-corrected chi connectivity index (χ4v) is 3.66. The molecule has 0 aliphatic carbocycles. The van der Waals surface area contributed by atoms with Crippen LogP contribution in [0, 0.1) is 5.92 Å². The third-order valence-corrected chi connectivity index (χ3v) is 5.28. The minimum absolute atomic E-state index is 0.0265. The zero-order valence-corrected chi connectivity index (χ0v) is 13.8. The van der Waals surface area contributed by atoms with Crippen molar-refractivity contribution in [3.05, 3.63) is 35.9 Å². The number of nitrogens with zero attached hydrogens (tertiary/aromatic N) is 1. The van der Waals surface area contributed by atoms with Crippen LogP contribution < -0.4 is 5.32 Å². The molecule has 122 valence electrons. The van der Waals surface area contributed by atoms with E-state index < -0.39 is 10.0 Å². The summed E-state index contributed by atoms with van der Waals surface area (Å²) in [6, 6.07) is 10.2. The molecule has 2 rings (SSSR count). The molecule has 0 radical (unpaired) electrons. The molecule has 1 aliphatic heterocycles. The minimum Gasteiger partial charge on any atom is -0.356 e. The Morgan fingerprint density at radius 1 is 1.32 bits per heavy atom. The molecular formula is C16H24N2O3S. The van der Waals surface area contributed by atoms with Crippen LogP contribution in [0.1, 0.15) is 24.8 Å². The maximum absolute atomic E-state index is 12.1. The highest BCUT2D eigenvalue weighted by Gasteiger charge is 2.29. The Bertz CT molecular complexity index is 587. The van der Waals surface area contributed by atoms with Gasteiger partial charge in [-0.1, -0.05) is 30.3 Å². The van der Waals surface area contributed by atoms with Crippen molar-refractivity contribution in [2.45, 2.75) is 25.7 Å². The van der Waals surface area contributed by atoms with E-state index in [2.05, 4.69) is 17.4 Å². The topological polar surface area (TPSA) is 66.5 Å². The van der Waals surface area contributed by atoms with Gasteiger partial charge < -0.3 is 5.32 Å². The quantitative estimate of drug-likeness (QED) is 0.805. The molecule has 1 atom stereocenters. The fraction of sp³-hybridized carbons (Fsp3) is 0.562. The van der Waals surface area contributed by atoms with Crippen molar-refractivity contribution < 1.29 is 13.2 Å². The van der Waals surface area contributed by atoms with Gasteiger partial charge in [0.25, 0.3) is 0 Å². The van der Waals surface area contributed by atoms with Crippen LogP contribution in [0.2, 0.25) is 0 Å². The second kappa shape index (κ2) is 7.74. The number of carbonyl (C=O) groups is 1. The zero-order valence-electron chi connectivity index (χ0n) is 13.0. The largest absolute Gasteiger partial charge is 0.356 e. The highest BCUT2D eigenvalue weighted by Crippen LogP contribution is 2.18. The van der Waals surface area contributed by atoms with E-state index in [1.807, 2.05) is 18.2 Å². The number of aryl methyl sites for hydroxylation is 1. The molecule has 0 saturated carbocycles. The summed E-state index contributed by atoms with van der Waals surface area (Å²) in [6.45, 7) is 1.46. The normalized spacial score (nSPS) is 19.8. The highest BCUT2D eigenvalue weighted by molar-refractivity contribution is 7.88. The minimum atomic E-state index is -3.20. The van der Waals surface area contributed by atoms with Gasteiger partial charge in [-0.15, -0.1) is 0 Å². The van der Waals surface area contributed by atoms with Gasteiger partial charge in [0.2, 0.25) is 15.9 Å². The number of hydrogen-bond donors (Lipinski definition) is 1. The Balaban J connectivity index is 1.73. The lowest BCUT2D eigenvalue weighted by Gasteiger charge is -2.30. The summed E-state index contributed by atoms with van der Waals surface area (Å²) in [5.74, 6) is -0.249. The van der Waals surface area contributed by atoms with Gasteiger partial charge >= 0.3 is 0 Å². The SMILES string of the molecule is CS(=O)(=O)N1CCC[C@H](C(=O)NCCCc2ccccc2)C1. The van der Waals surface area contributed by atoms with E-state index in [1.165, 1.54) is 16.1 Å². The standard InChI is InChI=1S/C16H24N2O3S/c1-22(20,21)18-12-6-10-15(13-18)16(19)17-11-5-9-14-7-3-2-4-8-14/h2-4,7-8,15H,5-6,9-13H2,1H3,(H,17,19)/t15-/m0/s1. The van der Waals surface area contributed by atoms with Gasteiger partial charge in [0.1, 0.15) is 0 Å². The lowest BCUT2D eigenvalue weighted by atomic mass is 9.99. The number of piperidine rings is 1. The molecule has 0 unspecified atom stereocenters. The highest BCUT2D eigenvalue weighted by atomic mass is 32.2. The average Bonchev–Trinajstić information content (AvgIpc) is 2.52. The van der Waals surface area contributed by atoms with Crippen molar-refractivity contribution in [2.75, 3.05) is 25.9 Å². The fourth-order valence-electron chi connectivity index (χ4n) is 2.75. The van der Waals surface area contributed by atoms with Gasteiger partial charge in [-0.2, -0.15) is 0 Å². The van der Waals surface area contributed by atoms with Crippen molar-refractivity contribution in [3.8, 4) is 0 Å². The molecule has 5 nitrogen and oxygen atoms in total. The van der Waals surface area contributed by atoms with Crippen LogP contribution in [0.3, 0.4) is 0 Å². The summed E-state index contributed by atoms with van der Waals surface area (Å²) in [7, 11) is -3.20. The molecule has 6 heteroatoms. The van der Waals surface area contributed by atoms with E-state index in [0.29, 0.717) is 19.6 Å². The molecule has 1 saturated heterocycles.